The molecule has 3 N–H and O–H groups in total. The number of rotatable bonds is 2. The molecule has 2 heterocycles. The van der Waals surface area contributed by atoms with E-state index in [9.17, 15) is 5.11 Å². The van der Waals surface area contributed by atoms with Crippen molar-refractivity contribution in [3.8, 4) is 5.75 Å². The van der Waals surface area contributed by atoms with Gasteiger partial charge in [-0.15, -0.1) is 0 Å². The summed E-state index contributed by atoms with van der Waals surface area (Å²) in [5.41, 5.74) is 3.50. The second kappa shape index (κ2) is 4.28. The van der Waals surface area contributed by atoms with E-state index in [2.05, 4.69) is 20.3 Å². The highest BCUT2D eigenvalue weighted by molar-refractivity contribution is 5.90. The van der Waals surface area contributed by atoms with Crippen LogP contribution in [0.4, 0.5) is 11.5 Å². The summed E-state index contributed by atoms with van der Waals surface area (Å²) in [6, 6.07) is 7.38. The molecule has 0 aliphatic heterocycles. The molecule has 5 nitrogen and oxygen atoms in total. The molecular formula is C14H14N4O. The standard InChI is InChI=1S/C14H14N4O/c1-8-3-4-12(19)11(5-8)18-14-10-6-9(2)17-13(10)15-7-16-14/h3-7,19H,1-2H3,(H2,15,16,17,18). The normalized spacial score (nSPS) is 10.8. The van der Waals surface area contributed by atoms with Crippen LogP contribution in [0.2, 0.25) is 0 Å². The number of aromatic amines is 1. The van der Waals surface area contributed by atoms with Gasteiger partial charge < -0.3 is 15.4 Å². The minimum Gasteiger partial charge on any atom is -0.506 e. The van der Waals surface area contributed by atoms with Crippen LogP contribution in [0.5, 0.6) is 5.75 Å². The van der Waals surface area contributed by atoms with Crippen molar-refractivity contribution >= 4 is 22.5 Å². The Morgan fingerprint density at radius 3 is 2.84 bits per heavy atom. The van der Waals surface area contributed by atoms with Crippen LogP contribution < -0.4 is 5.32 Å². The van der Waals surface area contributed by atoms with Crippen molar-refractivity contribution in [3.05, 3.63) is 41.9 Å². The number of hydrogen-bond acceptors (Lipinski definition) is 4. The van der Waals surface area contributed by atoms with Crippen molar-refractivity contribution in [3.63, 3.8) is 0 Å². The fraction of sp³-hybridized carbons (Fsp3) is 0.143. The first-order valence-electron chi connectivity index (χ1n) is 6.00. The molecule has 0 atom stereocenters. The largest absolute Gasteiger partial charge is 0.506 e. The lowest BCUT2D eigenvalue weighted by atomic mass is 10.2. The third-order valence-electron chi connectivity index (χ3n) is 2.97. The predicted molar refractivity (Wildman–Crippen MR) is 74.8 cm³/mol. The highest BCUT2D eigenvalue weighted by Crippen LogP contribution is 2.29. The van der Waals surface area contributed by atoms with Gasteiger partial charge in [-0.05, 0) is 37.6 Å². The van der Waals surface area contributed by atoms with Gasteiger partial charge in [0.15, 0.2) is 0 Å². The Morgan fingerprint density at radius 1 is 1.16 bits per heavy atom. The summed E-state index contributed by atoms with van der Waals surface area (Å²) < 4.78 is 0. The lowest BCUT2D eigenvalue weighted by Crippen LogP contribution is -1.95. The lowest BCUT2D eigenvalue weighted by Gasteiger charge is -2.09. The van der Waals surface area contributed by atoms with Crippen molar-refractivity contribution in [2.24, 2.45) is 0 Å². The van der Waals surface area contributed by atoms with Crippen molar-refractivity contribution < 1.29 is 5.11 Å². The molecule has 3 rings (SSSR count). The Kier molecular flexibility index (Phi) is 2.59. The van der Waals surface area contributed by atoms with Crippen molar-refractivity contribution in [2.75, 3.05) is 5.32 Å². The summed E-state index contributed by atoms with van der Waals surface area (Å²) in [4.78, 5) is 11.6. The summed E-state index contributed by atoms with van der Waals surface area (Å²) in [5.74, 6) is 0.875. The van der Waals surface area contributed by atoms with Crippen LogP contribution in [-0.4, -0.2) is 20.1 Å². The van der Waals surface area contributed by atoms with Crippen molar-refractivity contribution in [2.45, 2.75) is 13.8 Å². The Bertz CT molecular complexity index is 748. The zero-order valence-electron chi connectivity index (χ0n) is 10.7. The van der Waals surface area contributed by atoms with E-state index in [4.69, 9.17) is 0 Å². The SMILES string of the molecule is Cc1ccc(O)c(Nc2ncnc3[nH]c(C)cc23)c1. The van der Waals surface area contributed by atoms with Gasteiger partial charge in [-0.2, -0.15) is 0 Å². The van der Waals surface area contributed by atoms with Gasteiger partial charge in [0, 0.05) is 5.69 Å². The molecule has 0 unspecified atom stereocenters. The number of phenolic OH excluding ortho intramolecular Hbond substituents is 1. The Hall–Kier alpha value is -2.56. The number of fused-ring (bicyclic) bond motifs is 1. The molecular weight excluding hydrogens is 240 g/mol. The average molecular weight is 254 g/mol. The van der Waals surface area contributed by atoms with Crippen LogP contribution in [0.15, 0.2) is 30.6 Å². The van der Waals surface area contributed by atoms with E-state index in [-0.39, 0.29) is 5.75 Å². The van der Waals surface area contributed by atoms with Gasteiger partial charge in [0.2, 0.25) is 0 Å². The smallest absolute Gasteiger partial charge is 0.143 e. The number of aryl methyl sites for hydroxylation is 2. The summed E-state index contributed by atoms with van der Waals surface area (Å²) in [7, 11) is 0. The zero-order chi connectivity index (χ0) is 13.4. The van der Waals surface area contributed by atoms with Crippen LogP contribution in [0.3, 0.4) is 0 Å². The number of nitrogens with zero attached hydrogens (tertiary/aromatic N) is 2. The van der Waals surface area contributed by atoms with Crippen molar-refractivity contribution in [1.82, 2.24) is 15.0 Å². The molecule has 3 aromatic rings. The maximum absolute atomic E-state index is 9.86. The first kappa shape index (κ1) is 11.5. The number of anilines is 2. The number of aromatic hydroxyl groups is 1. The molecule has 0 aliphatic carbocycles. The quantitative estimate of drug-likeness (QED) is 0.614. The third-order valence-corrected chi connectivity index (χ3v) is 2.97. The Balaban J connectivity index is 2.08. The maximum Gasteiger partial charge on any atom is 0.143 e. The van der Waals surface area contributed by atoms with Gasteiger partial charge in [-0.1, -0.05) is 6.07 Å². The van der Waals surface area contributed by atoms with E-state index in [1.807, 2.05) is 32.0 Å². The van der Waals surface area contributed by atoms with E-state index >= 15 is 0 Å². The van der Waals surface area contributed by atoms with E-state index in [1.165, 1.54) is 6.33 Å². The molecule has 19 heavy (non-hydrogen) atoms. The molecule has 0 aliphatic rings. The molecule has 0 fully saturated rings. The minimum absolute atomic E-state index is 0.199. The van der Waals surface area contributed by atoms with Crippen LogP contribution in [0, 0.1) is 13.8 Å². The predicted octanol–water partition coefficient (Wildman–Crippen LogP) is 3.02. The second-order valence-corrected chi connectivity index (χ2v) is 4.58. The highest BCUT2D eigenvalue weighted by Gasteiger charge is 2.08. The van der Waals surface area contributed by atoms with Crippen LogP contribution in [-0.2, 0) is 0 Å². The molecule has 1 aromatic carbocycles. The number of hydrogen-bond donors (Lipinski definition) is 3. The maximum atomic E-state index is 9.86. The van der Waals surface area contributed by atoms with E-state index < -0.39 is 0 Å². The fourth-order valence-corrected chi connectivity index (χ4v) is 2.05. The molecule has 0 saturated carbocycles. The topological polar surface area (TPSA) is 73.8 Å². The van der Waals surface area contributed by atoms with Crippen LogP contribution in [0.25, 0.3) is 11.0 Å². The Morgan fingerprint density at radius 2 is 2.00 bits per heavy atom. The number of phenols is 1. The lowest BCUT2D eigenvalue weighted by molar-refractivity contribution is 0.477. The van der Waals surface area contributed by atoms with Gasteiger partial charge in [-0.25, -0.2) is 9.97 Å². The Labute approximate surface area is 110 Å². The highest BCUT2D eigenvalue weighted by atomic mass is 16.3. The van der Waals surface area contributed by atoms with Gasteiger partial charge in [0.1, 0.15) is 23.5 Å². The number of aromatic nitrogens is 3. The average Bonchev–Trinajstić information content (AvgIpc) is 2.75. The molecule has 0 bridgehead atoms. The summed E-state index contributed by atoms with van der Waals surface area (Å²) in [6.45, 7) is 3.94. The number of H-pyrrole nitrogens is 1. The fourth-order valence-electron chi connectivity index (χ4n) is 2.05. The van der Waals surface area contributed by atoms with Crippen LogP contribution >= 0.6 is 0 Å². The van der Waals surface area contributed by atoms with Crippen molar-refractivity contribution in [1.29, 1.82) is 0 Å². The summed E-state index contributed by atoms with van der Waals surface area (Å²) in [6.07, 6.45) is 1.49. The number of benzene rings is 1. The molecule has 0 saturated heterocycles. The minimum atomic E-state index is 0.199. The first-order chi connectivity index (χ1) is 9.13. The van der Waals surface area contributed by atoms with E-state index in [0.29, 0.717) is 11.5 Å². The monoisotopic (exact) mass is 254 g/mol. The van der Waals surface area contributed by atoms with Gasteiger partial charge in [-0.3, -0.25) is 0 Å². The molecule has 0 spiro atoms. The molecule has 2 aromatic heterocycles. The molecule has 0 radical (unpaired) electrons. The molecule has 96 valence electrons. The second-order valence-electron chi connectivity index (χ2n) is 4.58. The summed E-state index contributed by atoms with van der Waals surface area (Å²) in [5, 5.41) is 13.9. The number of nitrogens with one attached hydrogen (secondary N) is 2. The van der Waals surface area contributed by atoms with Gasteiger partial charge in [0.05, 0.1) is 11.1 Å². The third kappa shape index (κ3) is 2.10. The van der Waals surface area contributed by atoms with Gasteiger partial charge in [0.25, 0.3) is 0 Å². The van der Waals surface area contributed by atoms with Crippen LogP contribution in [0.1, 0.15) is 11.3 Å². The molecule has 0 amide bonds. The van der Waals surface area contributed by atoms with E-state index in [1.54, 1.807) is 6.07 Å². The zero-order valence-corrected chi connectivity index (χ0v) is 10.7. The first-order valence-corrected chi connectivity index (χ1v) is 6.00. The summed E-state index contributed by atoms with van der Waals surface area (Å²) >= 11 is 0. The van der Waals surface area contributed by atoms with E-state index in [0.717, 1.165) is 22.3 Å². The van der Waals surface area contributed by atoms with Gasteiger partial charge >= 0.3 is 0 Å². The molecule has 5 heteroatoms.